The molecule has 106 valence electrons. The average molecular weight is 289 g/mol. The third-order valence-electron chi connectivity index (χ3n) is 3.26. The molecule has 0 aliphatic rings. The van der Waals surface area contributed by atoms with Gasteiger partial charge in [-0.15, -0.1) is 0 Å². The number of nitrogens with two attached hydrogens (primary N) is 1. The minimum Gasteiger partial charge on any atom is -0.364 e. The Labute approximate surface area is 126 Å². The molecular weight excluding hydrogens is 278 g/mol. The topological polar surface area (TPSA) is 108 Å². The van der Waals surface area contributed by atoms with Gasteiger partial charge in [-0.05, 0) is 23.3 Å². The van der Waals surface area contributed by atoms with E-state index in [2.05, 4.69) is 21.5 Å². The monoisotopic (exact) mass is 289 g/mol. The Morgan fingerprint density at radius 2 is 1.77 bits per heavy atom. The Hall–Kier alpha value is -3.46. The Bertz CT molecular complexity index is 874. The molecule has 0 spiro atoms. The summed E-state index contributed by atoms with van der Waals surface area (Å²) in [5.41, 5.74) is 9.04. The number of hydrogen-bond donors (Lipinski definition) is 2. The first-order chi connectivity index (χ1) is 10.7. The normalized spacial score (nSPS) is 10.1. The van der Waals surface area contributed by atoms with Crippen LogP contribution in [0.15, 0.2) is 48.5 Å². The van der Waals surface area contributed by atoms with Gasteiger partial charge < -0.3 is 5.73 Å². The fraction of sp³-hybridized carbons (Fsp3) is 0. The zero-order valence-electron chi connectivity index (χ0n) is 11.4. The molecule has 0 radical (unpaired) electrons. The second-order valence-corrected chi connectivity index (χ2v) is 4.66. The molecule has 0 saturated carbocycles. The van der Waals surface area contributed by atoms with E-state index < -0.39 is 5.91 Å². The molecule has 3 N–H and O–H groups in total. The molecule has 0 unspecified atom stereocenters. The van der Waals surface area contributed by atoms with E-state index in [4.69, 9.17) is 11.0 Å². The lowest BCUT2D eigenvalue weighted by Gasteiger charge is -2.04. The number of aromatic nitrogens is 3. The van der Waals surface area contributed by atoms with E-state index in [0.29, 0.717) is 11.3 Å². The summed E-state index contributed by atoms with van der Waals surface area (Å²) < 4.78 is 0. The van der Waals surface area contributed by atoms with Crippen LogP contribution in [-0.2, 0) is 0 Å². The van der Waals surface area contributed by atoms with Gasteiger partial charge in [0.1, 0.15) is 5.69 Å². The molecule has 6 heteroatoms. The van der Waals surface area contributed by atoms with Crippen LogP contribution < -0.4 is 5.73 Å². The molecular formula is C16H11N5O. The first-order valence-electron chi connectivity index (χ1n) is 6.50. The lowest BCUT2D eigenvalue weighted by atomic mass is 10.0. The summed E-state index contributed by atoms with van der Waals surface area (Å²) in [6, 6.07) is 16.9. The maximum Gasteiger partial charge on any atom is 0.271 e. The predicted molar refractivity (Wildman–Crippen MR) is 80.5 cm³/mol. The Balaban J connectivity index is 1.98. The molecule has 0 fully saturated rings. The van der Waals surface area contributed by atoms with Crippen LogP contribution in [0.5, 0.6) is 0 Å². The number of nitrogens with one attached hydrogen (secondary N) is 1. The summed E-state index contributed by atoms with van der Waals surface area (Å²) in [4.78, 5) is 11.3. The predicted octanol–water partition coefficient (Wildman–Crippen LogP) is 2.11. The summed E-state index contributed by atoms with van der Waals surface area (Å²) in [5, 5.41) is 19.1. The third kappa shape index (κ3) is 2.43. The van der Waals surface area contributed by atoms with Crippen LogP contribution in [-0.4, -0.2) is 21.3 Å². The van der Waals surface area contributed by atoms with Gasteiger partial charge in [-0.2, -0.15) is 20.7 Å². The summed E-state index contributed by atoms with van der Waals surface area (Å²) >= 11 is 0. The summed E-state index contributed by atoms with van der Waals surface area (Å²) in [6.45, 7) is 0. The van der Waals surface area contributed by atoms with E-state index in [9.17, 15) is 4.79 Å². The van der Waals surface area contributed by atoms with Crippen LogP contribution in [0.2, 0.25) is 0 Å². The van der Waals surface area contributed by atoms with Crippen molar-refractivity contribution >= 4 is 5.91 Å². The quantitative estimate of drug-likeness (QED) is 0.769. The van der Waals surface area contributed by atoms with Gasteiger partial charge in [0.2, 0.25) is 0 Å². The zero-order chi connectivity index (χ0) is 15.5. The molecule has 6 nitrogen and oxygen atoms in total. The van der Waals surface area contributed by atoms with Gasteiger partial charge in [-0.1, -0.05) is 36.4 Å². The smallest absolute Gasteiger partial charge is 0.271 e. The van der Waals surface area contributed by atoms with Crippen molar-refractivity contribution in [2.24, 2.45) is 5.73 Å². The van der Waals surface area contributed by atoms with E-state index in [1.165, 1.54) is 0 Å². The van der Waals surface area contributed by atoms with Gasteiger partial charge in [0.25, 0.3) is 5.91 Å². The van der Waals surface area contributed by atoms with Crippen molar-refractivity contribution in [3.63, 3.8) is 0 Å². The zero-order valence-corrected chi connectivity index (χ0v) is 11.4. The van der Waals surface area contributed by atoms with Gasteiger partial charge in [-0.3, -0.25) is 4.79 Å². The number of hydrogen-bond acceptors (Lipinski definition) is 4. The van der Waals surface area contributed by atoms with E-state index in [0.717, 1.165) is 16.7 Å². The summed E-state index contributed by atoms with van der Waals surface area (Å²) in [7, 11) is 0. The maximum absolute atomic E-state index is 11.3. The molecule has 0 aliphatic carbocycles. The van der Waals surface area contributed by atoms with Crippen LogP contribution >= 0.6 is 0 Å². The first kappa shape index (κ1) is 13.5. The summed E-state index contributed by atoms with van der Waals surface area (Å²) in [6.07, 6.45) is 0. The highest BCUT2D eigenvalue weighted by atomic mass is 16.1. The molecule has 1 aromatic heterocycles. The van der Waals surface area contributed by atoms with Crippen LogP contribution in [0, 0.1) is 11.3 Å². The van der Waals surface area contributed by atoms with E-state index >= 15 is 0 Å². The van der Waals surface area contributed by atoms with Gasteiger partial charge in [0.15, 0.2) is 5.69 Å². The molecule has 0 bridgehead atoms. The number of nitrogens with zero attached hydrogens (tertiary/aromatic N) is 3. The molecule has 22 heavy (non-hydrogen) atoms. The molecule has 1 amide bonds. The third-order valence-corrected chi connectivity index (χ3v) is 3.26. The number of aromatic amines is 1. The van der Waals surface area contributed by atoms with Crippen molar-refractivity contribution in [2.75, 3.05) is 0 Å². The molecule has 3 aromatic rings. The highest BCUT2D eigenvalue weighted by molar-refractivity contribution is 5.96. The lowest BCUT2D eigenvalue weighted by Crippen LogP contribution is -2.12. The van der Waals surface area contributed by atoms with Crippen molar-refractivity contribution in [3.05, 3.63) is 59.8 Å². The minimum absolute atomic E-state index is 0.110. The van der Waals surface area contributed by atoms with E-state index in [1.807, 2.05) is 42.5 Å². The maximum atomic E-state index is 11.3. The van der Waals surface area contributed by atoms with Crippen molar-refractivity contribution in [3.8, 4) is 28.5 Å². The van der Waals surface area contributed by atoms with Crippen molar-refractivity contribution in [1.29, 1.82) is 5.26 Å². The lowest BCUT2D eigenvalue weighted by molar-refractivity contribution is 0.0996. The second kappa shape index (κ2) is 5.50. The van der Waals surface area contributed by atoms with Gasteiger partial charge in [-0.25, -0.2) is 0 Å². The van der Waals surface area contributed by atoms with Crippen LogP contribution in [0.1, 0.15) is 16.1 Å². The molecule has 0 atom stereocenters. The average Bonchev–Trinajstić information content (AvgIpc) is 3.05. The summed E-state index contributed by atoms with van der Waals surface area (Å²) in [5.74, 6) is -0.630. The van der Waals surface area contributed by atoms with Gasteiger partial charge in [0, 0.05) is 5.56 Å². The fourth-order valence-electron chi connectivity index (χ4n) is 2.19. The highest BCUT2D eigenvalue weighted by Crippen LogP contribution is 2.25. The second-order valence-electron chi connectivity index (χ2n) is 4.66. The number of carbonyl (C=O) groups excluding carboxylic acids is 1. The Morgan fingerprint density at radius 3 is 2.45 bits per heavy atom. The van der Waals surface area contributed by atoms with Crippen molar-refractivity contribution in [2.45, 2.75) is 0 Å². The number of carbonyl (C=O) groups is 1. The highest BCUT2D eigenvalue weighted by Gasteiger charge is 2.14. The van der Waals surface area contributed by atoms with Crippen molar-refractivity contribution in [1.82, 2.24) is 15.4 Å². The standard InChI is InChI=1S/C16H11N5O/c17-9-10-2-1-3-13(8-10)11-4-6-12(7-5-11)14-15(16(18)22)20-21-19-14/h1-8H,(H2,18,22)(H,19,20,21). The molecule has 0 saturated heterocycles. The van der Waals surface area contributed by atoms with Gasteiger partial charge >= 0.3 is 0 Å². The number of primary amides is 1. The Kier molecular flexibility index (Phi) is 3.38. The largest absolute Gasteiger partial charge is 0.364 e. The number of amides is 1. The van der Waals surface area contributed by atoms with Gasteiger partial charge in [0.05, 0.1) is 11.6 Å². The minimum atomic E-state index is -0.630. The van der Waals surface area contributed by atoms with Crippen molar-refractivity contribution < 1.29 is 4.79 Å². The Morgan fingerprint density at radius 1 is 1.05 bits per heavy atom. The van der Waals surface area contributed by atoms with E-state index in [-0.39, 0.29) is 5.69 Å². The molecule has 0 aliphatic heterocycles. The number of nitriles is 1. The van der Waals surface area contributed by atoms with E-state index in [1.54, 1.807) is 6.07 Å². The molecule has 2 aromatic carbocycles. The molecule has 1 heterocycles. The number of benzene rings is 2. The SMILES string of the molecule is N#Cc1cccc(-c2ccc(-c3n[nH]nc3C(N)=O)cc2)c1. The van der Waals surface area contributed by atoms with Crippen LogP contribution in [0.25, 0.3) is 22.4 Å². The van der Waals surface area contributed by atoms with Crippen LogP contribution in [0.4, 0.5) is 0 Å². The van der Waals surface area contributed by atoms with Crippen LogP contribution in [0.3, 0.4) is 0 Å². The fourth-order valence-corrected chi connectivity index (χ4v) is 2.19. The first-order valence-corrected chi connectivity index (χ1v) is 6.50. The number of rotatable bonds is 3. The number of H-pyrrole nitrogens is 1. The molecule has 3 rings (SSSR count).